The number of ether oxygens (including phenoxy) is 2. The van der Waals surface area contributed by atoms with Gasteiger partial charge in [0.2, 0.25) is 5.91 Å². The summed E-state index contributed by atoms with van der Waals surface area (Å²) in [4.78, 5) is 33.2. The number of fused-ring (bicyclic) bond motifs is 3. The van der Waals surface area contributed by atoms with Gasteiger partial charge in [0.1, 0.15) is 11.5 Å². The van der Waals surface area contributed by atoms with Gasteiger partial charge >= 0.3 is 15.6 Å². The van der Waals surface area contributed by atoms with E-state index in [-0.39, 0.29) is 36.7 Å². The predicted octanol–water partition coefficient (Wildman–Crippen LogP) is 6.78. The summed E-state index contributed by atoms with van der Waals surface area (Å²) in [7, 11) is -6.11. The molecule has 9 nitrogen and oxygen atoms in total. The highest BCUT2D eigenvalue weighted by Gasteiger charge is 2.61. The van der Waals surface area contributed by atoms with Gasteiger partial charge in [-0.05, 0) is 61.2 Å². The smallest absolute Gasteiger partial charge is 0.374 e. The summed E-state index contributed by atoms with van der Waals surface area (Å²) in [5.74, 6) is -2.90. The molecule has 1 spiro atoms. The summed E-state index contributed by atoms with van der Waals surface area (Å²) in [5.41, 5.74) is -4.98. The predicted molar refractivity (Wildman–Crippen MR) is 182 cm³/mol. The Morgan fingerprint density at radius 3 is 2.18 bits per heavy atom. The van der Waals surface area contributed by atoms with Crippen LogP contribution in [0.15, 0.2) is 121 Å². The quantitative estimate of drug-likeness (QED) is 0.146. The largest absolute Gasteiger partial charge is 0.534 e. The molecule has 0 aromatic heterocycles. The van der Waals surface area contributed by atoms with E-state index in [0.29, 0.717) is 16.8 Å². The summed E-state index contributed by atoms with van der Waals surface area (Å²) < 4.78 is 82.2. The second-order valence-electron chi connectivity index (χ2n) is 13.1. The lowest BCUT2D eigenvalue weighted by molar-refractivity contribution is -0.145. The van der Waals surface area contributed by atoms with Gasteiger partial charge in [0.25, 0.3) is 5.91 Å². The standard InChI is InChI=1S/C38H33F3N2O7S/c1-36(2)48-32-21-28(37(22-33(32)49-36)27-17-9-10-18-29(27)43(35(37)45)24-26-15-7-4-8-16-26)34(44)42(23-25-13-5-3-6-14-25)30-19-11-12-20-31(30)50-51(46,47)38(39,40)41/h3-21,32-33H,22-24H2,1-2H3/t32-,33-,37+/m1/s1. The number of benzene rings is 4. The van der Waals surface area contributed by atoms with Gasteiger partial charge in [0.15, 0.2) is 11.5 Å². The van der Waals surface area contributed by atoms with Gasteiger partial charge < -0.3 is 23.5 Å². The average molecular weight is 719 g/mol. The molecule has 3 atom stereocenters. The minimum absolute atomic E-state index is 0.0162. The molecule has 1 saturated heterocycles. The molecule has 0 saturated carbocycles. The molecular weight excluding hydrogens is 685 g/mol. The molecule has 1 fully saturated rings. The number of nitrogens with zero attached hydrogens (tertiary/aromatic N) is 2. The van der Waals surface area contributed by atoms with Gasteiger partial charge in [-0.25, -0.2) is 0 Å². The lowest BCUT2D eigenvalue weighted by Crippen LogP contribution is -2.52. The monoisotopic (exact) mass is 718 g/mol. The molecule has 7 rings (SSSR count). The van der Waals surface area contributed by atoms with Crippen molar-refractivity contribution in [2.45, 2.75) is 62.3 Å². The van der Waals surface area contributed by atoms with Crippen molar-refractivity contribution in [2.24, 2.45) is 0 Å². The van der Waals surface area contributed by atoms with Gasteiger partial charge in [-0.15, -0.1) is 0 Å². The number of hydrogen-bond acceptors (Lipinski definition) is 7. The molecule has 1 aliphatic carbocycles. The van der Waals surface area contributed by atoms with E-state index in [2.05, 4.69) is 4.18 Å². The molecule has 2 amide bonds. The molecule has 264 valence electrons. The van der Waals surface area contributed by atoms with Crippen molar-refractivity contribution in [3.63, 3.8) is 0 Å². The first-order valence-corrected chi connectivity index (χ1v) is 17.6. The van der Waals surface area contributed by atoms with Crippen molar-refractivity contribution in [1.82, 2.24) is 0 Å². The number of amides is 2. The highest BCUT2D eigenvalue weighted by atomic mass is 32.2. The average Bonchev–Trinajstić information content (AvgIpc) is 3.52. The highest BCUT2D eigenvalue weighted by molar-refractivity contribution is 7.88. The number of halogens is 3. The first-order valence-electron chi connectivity index (χ1n) is 16.2. The number of anilines is 2. The second-order valence-corrected chi connectivity index (χ2v) is 14.6. The van der Waals surface area contributed by atoms with Crippen molar-refractivity contribution in [2.75, 3.05) is 9.80 Å². The molecule has 0 radical (unpaired) electrons. The highest BCUT2D eigenvalue weighted by Crippen LogP contribution is 2.55. The minimum atomic E-state index is -6.11. The molecule has 2 heterocycles. The fraction of sp³-hybridized carbons (Fsp3) is 0.263. The summed E-state index contributed by atoms with van der Waals surface area (Å²) in [6.45, 7) is 3.46. The Balaban J connectivity index is 1.40. The van der Waals surface area contributed by atoms with E-state index < -0.39 is 50.7 Å². The lowest BCUT2D eigenvalue weighted by Gasteiger charge is -2.39. The Kier molecular flexibility index (Phi) is 8.55. The van der Waals surface area contributed by atoms with Crippen LogP contribution in [0.5, 0.6) is 5.75 Å². The summed E-state index contributed by atoms with van der Waals surface area (Å²) in [6, 6.07) is 30.3. The van der Waals surface area contributed by atoms with Crippen molar-refractivity contribution >= 4 is 33.3 Å². The van der Waals surface area contributed by atoms with Crippen LogP contribution in [0, 0.1) is 0 Å². The van der Waals surface area contributed by atoms with Gasteiger partial charge in [-0.3, -0.25) is 9.59 Å². The Labute approximate surface area is 293 Å². The third-order valence-electron chi connectivity index (χ3n) is 9.27. The fourth-order valence-corrected chi connectivity index (χ4v) is 7.61. The maximum Gasteiger partial charge on any atom is 0.534 e. The molecule has 13 heteroatoms. The van der Waals surface area contributed by atoms with Crippen molar-refractivity contribution in [1.29, 1.82) is 0 Å². The van der Waals surface area contributed by atoms with Crippen LogP contribution in [0.3, 0.4) is 0 Å². The number of hydrogen-bond donors (Lipinski definition) is 0. The van der Waals surface area contributed by atoms with Crippen molar-refractivity contribution in [3.8, 4) is 5.75 Å². The fourth-order valence-electron chi connectivity index (χ4n) is 7.13. The van der Waals surface area contributed by atoms with Gasteiger partial charge in [0, 0.05) is 11.3 Å². The maximum atomic E-state index is 15.3. The minimum Gasteiger partial charge on any atom is -0.374 e. The molecular formula is C38H33F3N2O7S. The first kappa shape index (κ1) is 34.5. The Morgan fingerprint density at radius 1 is 0.882 bits per heavy atom. The van der Waals surface area contributed by atoms with E-state index in [4.69, 9.17) is 9.47 Å². The first-order chi connectivity index (χ1) is 24.2. The molecule has 0 bridgehead atoms. The second kappa shape index (κ2) is 12.7. The van der Waals surface area contributed by atoms with Crippen LogP contribution in [0.25, 0.3) is 0 Å². The van der Waals surface area contributed by atoms with Crippen LogP contribution in [-0.4, -0.2) is 43.7 Å². The zero-order valence-corrected chi connectivity index (χ0v) is 28.4. The van der Waals surface area contributed by atoms with Crippen LogP contribution in [0.4, 0.5) is 24.5 Å². The van der Waals surface area contributed by atoms with E-state index in [1.165, 1.54) is 18.2 Å². The van der Waals surface area contributed by atoms with Crippen LogP contribution in [-0.2, 0) is 47.7 Å². The number of carbonyl (C=O) groups excluding carboxylic acids is 2. The number of alkyl halides is 3. The lowest BCUT2D eigenvalue weighted by atomic mass is 9.66. The van der Waals surface area contributed by atoms with E-state index in [1.54, 1.807) is 73.4 Å². The van der Waals surface area contributed by atoms with Crippen LogP contribution in [0.1, 0.15) is 37.0 Å². The number of carbonyl (C=O) groups is 2. The summed E-state index contributed by atoms with van der Waals surface area (Å²) >= 11 is 0. The molecule has 0 unspecified atom stereocenters. The number of rotatable bonds is 8. The molecule has 4 aromatic carbocycles. The Hall–Kier alpha value is -4.98. The van der Waals surface area contributed by atoms with Gasteiger partial charge in [-0.2, -0.15) is 21.6 Å². The molecule has 2 aliphatic heterocycles. The molecule has 4 aromatic rings. The molecule has 3 aliphatic rings. The van der Waals surface area contributed by atoms with E-state index in [1.807, 2.05) is 36.4 Å². The van der Waals surface area contributed by atoms with Crippen molar-refractivity contribution < 1.29 is 44.8 Å². The third-order valence-corrected chi connectivity index (χ3v) is 10.2. The van der Waals surface area contributed by atoms with Crippen molar-refractivity contribution in [3.05, 3.63) is 138 Å². The van der Waals surface area contributed by atoms with Gasteiger partial charge in [-0.1, -0.05) is 91.0 Å². The zero-order chi connectivity index (χ0) is 36.2. The summed E-state index contributed by atoms with van der Waals surface area (Å²) in [6.07, 6.45) is 0.225. The maximum absolute atomic E-state index is 15.3. The van der Waals surface area contributed by atoms with E-state index in [9.17, 15) is 21.6 Å². The van der Waals surface area contributed by atoms with E-state index >= 15 is 9.59 Å². The SMILES string of the molecule is CC1(C)O[C@@H]2C=C(C(=O)N(Cc3ccccc3)c3ccccc3OS(=O)(=O)C(F)(F)F)[C@@]3(C[C@H]2O1)C(=O)N(Cc1ccccc1)c1ccccc13. The van der Waals surface area contributed by atoms with Crippen LogP contribution >= 0.6 is 0 Å². The van der Waals surface area contributed by atoms with Crippen LogP contribution in [0.2, 0.25) is 0 Å². The van der Waals surface area contributed by atoms with Gasteiger partial charge in [0.05, 0.1) is 24.9 Å². The zero-order valence-electron chi connectivity index (χ0n) is 27.5. The summed E-state index contributed by atoms with van der Waals surface area (Å²) in [5, 5.41) is 0. The van der Waals surface area contributed by atoms with E-state index in [0.717, 1.165) is 16.5 Å². The van der Waals surface area contributed by atoms with Crippen LogP contribution < -0.4 is 14.0 Å². The third kappa shape index (κ3) is 6.19. The Bertz CT molecular complexity index is 2120. The normalized spacial score (nSPS) is 22.3. The number of para-hydroxylation sites is 3. The topological polar surface area (TPSA) is 102 Å². The molecule has 51 heavy (non-hydrogen) atoms. The Morgan fingerprint density at radius 2 is 1.49 bits per heavy atom. The molecule has 0 N–H and O–H groups in total.